The van der Waals surface area contributed by atoms with E-state index in [1.165, 1.54) is 11.8 Å². The standard InChI is InChI=1S/C15H20N4O3S/c1-5-19-14(21)12(7-11-8-18(4)17-10(11)3)16-15(19)23-9-13(20)22-6-2/h7-8H,5-6,9H2,1-4H3. The smallest absolute Gasteiger partial charge is 0.316 e. The third kappa shape index (κ3) is 4.01. The number of esters is 1. The Kier molecular flexibility index (Phi) is 5.59. The normalized spacial score (nSPS) is 16.2. The van der Waals surface area contributed by atoms with Crippen LogP contribution in [-0.4, -0.2) is 50.6 Å². The molecule has 0 saturated carbocycles. The number of carbonyl (C=O) groups excluding carboxylic acids is 2. The Balaban J connectivity index is 2.19. The lowest BCUT2D eigenvalue weighted by Crippen LogP contribution is -2.30. The lowest BCUT2D eigenvalue weighted by atomic mass is 10.2. The van der Waals surface area contributed by atoms with E-state index in [1.807, 2.05) is 27.1 Å². The topological polar surface area (TPSA) is 76.8 Å². The van der Waals surface area contributed by atoms with Gasteiger partial charge in [-0.05, 0) is 26.8 Å². The highest BCUT2D eigenvalue weighted by atomic mass is 32.2. The molecule has 0 bridgehead atoms. The van der Waals surface area contributed by atoms with Crippen molar-refractivity contribution in [1.29, 1.82) is 0 Å². The molecular weight excluding hydrogens is 316 g/mol. The Morgan fingerprint density at radius 2 is 2.17 bits per heavy atom. The van der Waals surface area contributed by atoms with E-state index >= 15 is 0 Å². The number of nitrogens with zero attached hydrogens (tertiary/aromatic N) is 4. The first-order valence-corrected chi connectivity index (χ1v) is 8.35. The van der Waals surface area contributed by atoms with Gasteiger partial charge in [0.15, 0.2) is 5.17 Å². The molecule has 23 heavy (non-hydrogen) atoms. The molecule has 1 aromatic heterocycles. The third-order valence-corrected chi connectivity index (χ3v) is 4.15. The Morgan fingerprint density at radius 3 is 2.74 bits per heavy atom. The van der Waals surface area contributed by atoms with E-state index in [9.17, 15) is 9.59 Å². The second-order valence-electron chi connectivity index (χ2n) is 4.91. The molecule has 1 amide bonds. The maximum absolute atomic E-state index is 12.4. The van der Waals surface area contributed by atoms with Crippen LogP contribution in [0.2, 0.25) is 0 Å². The van der Waals surface area contributed by atoms with E-state index in [0.29, 0.717) is 24.0 Å². The maximum Gasteiger partial charge on any atom is 0.316 e. The van der Waals surface area contributed by atoms with Crippen LogP contribution >= 0.6 is 11.8 Å². The van der Waals surface area contributed by atoms with Crippen molar-refractivity contribution in [3.63, 3.8) is 0 Å². The van der Waals surface area contributed by atoms with E-state index in [-0.39, 0.29) is 17.6 Å². The van der Waals surface area contributed by atoms with Crippen LogP contribution in [0.1, 0.15) is 25.1 Å². The summed E-state index contributed by atoms with van der Waals surface area (Å²) in [4.78, 5) is 29.8. The molecule has 8 heteroatoms. The number of aromatic nitrogens is 2. The molecule has 0 aromatic carbocycles. The van der Waals surface area contributed by atoms with Gasteiger partial charge in [0.1, 0.15) is 5.70 Å². The summed E-state index contributed by atoms with van der Waals surface area (Å²) in [7, 11) is 1.83. The monoisotopic (exact) mass is 336 g/mol. The number of hydrogen-bond acceptors (Lipinski definition) is 6. The summed E-state index contributed by atoms with van der Waals surface area (Å²) >= 11 is 1.21. The molecule has 0 atom stereocenters. The number of amides is 1. The molecule has 0 radical (unpaired) electrons. The van der Waals surface area contributed by atoms with Crippen molar-refractivity contribution in [2.75, 3.05) is 18.9 Å². The molecule has 0 unspecified atom stereocenters. The Labute approximate surface area is 139 Å². The molecule has 124 valence electrons. The second kappa shape index (κ2) is 7.45. The molecule has 1 aliphatic heterocycles. The molecule has 0 saturated heterocycles. The van der Waals surface area contributed by atoms with Crippen LogP contribution in [0.5, 0.6) is 0 Å². The van der Waals surface area contributed by atoms with E-state index in [4.69, 9.17) is 4.74 Å². The fourth-order valence-electron chi connectivity index (χ4n) is 2.15. The van der Waals surface area contributed by atoms with Crippen molar-refractivity contribution in [3.05, 3.63) is 23.2 Å². The number of hydrogen-bond donors (Lipinski definition) is 0. The summed E-state index contributed by atoms with van der Waals surface area (Å²) in [6, 6.07) is 0. The van der Waals surface area contributed by atoms with Crippen molar-refractivity contribution < 1.29 is 14.3 Å². The van der Waals surface area contributed by atoms with Gasteiger partial charge >= 0.3 is 5.97 Å². The number of aryl methyl sites for hydroxylation is 2. The zero-order valence-corrected chi connectivity index (χ0v) is 14.5. The molecule has 0 fully saturated rings. The van der Waals surface area contributed by atoms with Crippen molar-refractivity contribution in [1.82, 2.24) is 14.7 Å². The maximum atomic E-state index is 12.4. The van der Waals surface area contributed by atoms with Crippen LogP contribution < -0.4 is 0 Å². The van der Waals surface area contributed by atoms with Crippen LogP contribution in [-0.2, 0) is 21.4 Å². The molecule has 2 rings (SSSR count). The fraction of sp³-hybridized carbons (Fsp3) is 0.467. The quantitative estimate of drug-likeness (QED) is 0.603. The molecule has 0 aliphatic carbocycles. The van der Waals surface area contributed by atoms with Gasteiger partial charge in [0.05, 0.1) is 18.1 Å². The highest BCUT2D eigenvalue weighted by molar-refractivity contribution is 8.14. The van der Waals surface area contributed by atoms with Gasteiger partial charge in [-0.2, -0.15) is 5.10 Å². The highest BCUT2D eigenvalue weighted by Gasteiger charge is 2.30. The molecule has 0 N–H and O–H groups in total. The van der Waals surface area contributed by atoms with Crippen LogP contribution in [0, 0.1) is 6.92 Å². The number of likely N-dealkylation sites (N-methyl/N-ethyl adjacent to an activating group) is 1. The number of amidine groups is 1. The largest absolute Gasteiger partial charge is 0.465 e. The number of carbonyl (C=O) groups is 2. The van der Waals surface area contributed by atoms with E-state index < -0.39 is 0 Å². The zero-order valence-electron chi connectivity index (χ0n) is 13.7. The molecule has 1 aliphatic rings. The van der Waals surface area contributed by atoms with Gasteiger partial charge in [0.2, 0.25) is 0 Å². The zero-order chi connectivity index (χ0) is 17.0. The van der Waals surface area contributed by atoms with E-state index in [2.05, 4.69) is 10.1 Å². The first kappa shape index (κ1) is 17.3. The number of rotatable bonds is 5. The second-order valence-corrected chi connectivity index (χ2v) is 5.85. The highest BCUT2D eigenvalue weighted by Crippen LogP contribution is 2.24. The average Bonchev–Trinajstić information content (AvgIpc) is 2.97. The van der Waals surface area contributed by atoms with Gasteiger partial charge in [0.25, 0.3) is 5.91 Å². The minimum Gasteiger partial charge on any atom is -0.465 e. The fourth-order valence-corrected chi connectivity index (χ4v) is 3.01. The number of aliphatic imine (C=N–C) groups is 1. The van der Waals surface area contributed by atoms with Crippen molar-refractivity contribution in [2.24, 2.45) is 12.0 Å². The van der Waals surface area contributed by atoms with Crippen molar-refractivity contribution in [3.8, 4) is 0 Å². The third-order valence-electron chi connectivity index (χ3n) is 3.20. The summed E-state index contributed by atoms with van der Waals surface area (Å²) in [6.07, 6.45) is 3.57. The van der Waals surface area contributed by atoms with Crippen molar-refractivity contribution >= 4 is 34.9 Å². The molecule has 0 spiro atoms. The molecular formula is C15H20N4O3S. The van der Waals surface area contributed by atoms with Crippen LogP contribution in [0.3, 0.4) is 0 Å². The lowest BCUT2D eigenvalue weighted by molar-refractivity contribution is -0.139. The first-order valence-electron chi connectivity index (χ1n) is 7.37. The van der Waals surface area contributed by atoms with Crippen LogP contribution in [0.4, 0.5) is 0 Å². The molecule has 1 aromatic rings. The minimum absolute atomic E-state index is 0.135. The van der Waals surface area contributed by atoms with Gasteiger partial charge in [-0.25, -0.2) is 4.99 Å². The van der Waals surface area contributed by atoms with E-state index in [1.54, 1.807) is 22.6 Å². The Hall–Kier alpha value is -2.09. The summed E-state index contributed by atoms with van der Waals surface area (Å²) in [5, 5.41) is 4.77. The first-order chi connectivity index (χ1) is 11.0. The van der Waals surface area contributed by atoms with Gasteiger partial charge < -0.3 is 4.74 Å². The molecule has 7 nitrogen and oxygen atoms in total. The van der Waals surface area contributed by atoms with Crippen LogP contribution in [0.25, 0.3) is 6.08 Å². The van der Waals surface area contributed by atoms with Gasteiger partial charge in [-0.15, -0.1) is 0 Å². The summed E-state index contributed by atoms with van der Waals surface area (Å²) < 4.78 is 6.59. The van der Waals surface area contributed by atoms with Crippen LogP contribution in [0.15, 0.2) is 16.9 Å². The number of thioether (sulfide) groups is 1. The Morgan fingerprint density at radius 1 is 1.43 bits per heavy atom. The van der Waals surface area contributed by atoms with E-state index in [0.717, 1.165) is 11.3 Å². The Bertz CT molecular complexity index is 678. The summed E-state index contributed by atoms with van der Waals surface area (Å²) in [6.45, 7) is 6.35. The summed E-state index contributed by atoms with van der Waals surface area (Å²) in [5.74, 6) is -0.346. The van der Waals surface area contributed by atoms with Crippen molar-refractivity contribution in [2.45, 2.75) is 20.8 Å². The molecule has 2 heterocycles. The SMILES string of the molecule is CCOC(=O)CSC1=NC(=Cc2cn(C)nc2C)C(=O)N1CC. The lowest BCUT2D eigenvalue weighted by Gasteiger charge is -2.14. The van der Waals surface area contributed by atoms with Gasteiger partial charge in [-0.1, -0.05) is 11.8 Å². The predicted octanol–water partition coefficient (Wildman–Crippen LogP) is 1.58. The number of ether oxygens (including phenoxy) is 1. The van der Waals surface area contributed by atoms with Gasteiger partial charge in [-0.3, -0.25) is 19.2 Å². The average molecular weight is 336 g/mol. The predicted molar refractivity (Wildman–Crippen MR) is 89.8 cm³/mol. The van der Waals surface area contributed by atoms with Gasteiger partial charge in [0, 0.05) is 25.4 Å². The summed E-state index contributed by atoms with van der Waals surface area (Å²) in [5.41, 5.74) is 2.04. The minimum atomic E-state index is -0.316.